The first-order valence-electron chi connectivity index (χ1n) is 3.38. The van der Waals surface area contributed by atoms with E-state index in [-0.39, 0.29) is 0 Å². The quantitative estimate of drug-likeness (QED) is 0.477. The molecule has 0 aromatic heterocycles. The van der Waals surface area contributed by atoms with Crippen LogP contribution in [0.3, 0.4) is 0 Å². The fourth-order valence-corrected chi connectivity index (χ4v) is 1.24. The molecule has 0 aromatic rings. The van der Waals surface area contributed by atoms with E-state index in [0.29, 0.717) is 0 Å². The third kappa shape index (κ3) is 0.680. The van der Waals surface area contributed by atoms with E-state index >= 15 is 0 Å². The molecule has 0 fully saturated rings. The third-order valence-corrected chi connectivity index (χ3v) is 1.95. The molecule has 0 atom stereocenters. The van der Waals surface area contributed by atoms with Gasteiger partial charge in [0.2, 0.25) is 0 Å². The standard InChI is InChI=1S/C8H10O/c1-6-2-3-7-5-9-8(7)4-6/h4H,2-3,5H2,1H3. The first-order valence-corrected chi connectivity index (χ1v) is 3.38. The molecule has 0 bridgehead atoms. The Morgan fingerprint density at radius 1 is 1.44 bits per heavy atom. The van der Waals surface area contributed by atoms with Crippen molar-refractivity contribution in [2.24, 2.45) is 0 Å². The number of ether oxygens (including phenoxy) is 1. The van der Waals surface area contributed by atoms with E-state index in [9.17, 15) is 0 Å². The summed E-state index contributed by atoms with van der Waals surface area (Å²) in [5, 5.41) is 0. The van der Waals surface area contributed by atoms with Crippen molar-refractivity contribution in [3.63, 3.8) is 0 Å². The molecule has 1 nitrogen and oxygen atoms in total. The van der Waals surface area contributed by atoms with E-state index < -0.39 is 0 Å². The van der Waals surface area contributed by atoms with Crippen molar-refractivity contribution in [3.05, 3.63) is 23.0 Å². The van der Waals surface area contributed by atoms with Gasteiger partial charge in [0.05, 0.1) is 0 Å². The molecular formula is C8H10O. The second-order valence-corrected chi connectivity index (χ2v) is 2.75. The second kappa shape index (κ2) is 1.63. The zero-order valence-electron chi connectivity index (χ0n) is 5.61. The highest BCUT2D eigenvalue weighted by Crippen LogP contribution is 2.31. The lowest BCUT2D eigenvalue weighted by atomic mass is 9.96. The van der Waals surface area contributed by atoms with Crippen LogP contribution in [0.2, 0.25) is 0 Å². The Morgan fingerprint density at radius 3 is 2.78 bits per heavy atom. The summed E-state index contributed by atoms with van der Waals surface area (Å²) in [6, 6.07) is 0. The lowest BCUT2D eigenvalue weighted by Crippen LogP contribution is -2.15. The van der Waals surface area contributed by atoms with E-state index in [1.54, 1.807) is 0 Å². The molecule has 1 heterocycles. The predicted octanol–water partition coefficient (Wildman–Crippen LogP) is 2.01. The van der Waals surface area contributed by atoms with Crippen molar-refractivity contribution < 1.29 is 4.74 Å². The fraction of sp³-hybridized carbons (Fsp3) is 0.500. The Kier molecular flexibility index (Phi) is 0.922. The third-order valence-electron chi connectivity index (χ3n) is 1.95. The molecule has 1 aliphatic heterocycles. The zero-order chi connectivity index (χ0) is 6.27. The maximum Gasteiger partial charge on any atom is 0.122 e. The molecule has 1 heteroatoms. The van der Waals surface area contributed by atoms with E-state index in [0.717, 1.165) is 12.4 Å². The molecule has 0 spiro atoms. The van der Waals surface area contributed by atoms with Gasteiger partial charge in [-0.3, -0.25) is 0 Å². The van der Waals surface area contributed by atoms with Gasteiger partial charge in [-0.05, 0) is 25.8 Å². The average Bonchev–Trinajstić information content (AvgIpc) is 1.78. The molecule has 2 rings (SSSR count). The van der Waals surface area contributed by atoms with Crippen LogP contribution in [-0.4, -0.2) is 6.61 Å². The maximum atomic E-state index is 5.21. The van der Waals surface area contributed by atoms with Gasteiger partial charge in [-0.15, -0.1) is 0 Å². The average molecular weight is 122 g/mol. The summed E-state index contributed by atoms with van der Waals surface area (Å²) >= 11 is 0. The minimum Gasteiger partial charge on any atom is -0.489 e. The van der Waals surface area contributed by atoms with Crippen LogP contribution in [0.1, 0.15) is 19.8 Å². The minimum absolute atomic E-state index is 0.888. The van der Waals surface area contributed by atoms with Crippen molar-refractivity contribution in [2.45, 2.75) is 19.8 Å². The van der Waals surface area contributed by atoms with Crippen LogP contribution in [0.15, 0.2) is 23.0 Å². The van der Waals surface area contributed by atoms with Crippen LogP contribution in [0.5, 0.6) is 0 Å². The molecule has 0 amide bonds. The number of hydrogen-bond acceptors (Lipinski definition) is 1. The van der Waals surface area contributed by atoms with Crippen LogP contribution in [-0.2, 0) is 4.74 Å². The first-order chi connectivity index (χ1) is 4.36. The molecule has 0 aromatic carbocycles. The van der Waals surface area contributed by atoms with Crippen molar-refractivity contribution in [1.82, 2.24) is 0 Å². The first kappa shape index (κ1) is 5.10. The highest BCUT2D eigenvalue weighted by molar-refractivity contribution is 5.33. The van der Waals surface area contributed by atoms with Gasteiger partial charge in [0, 0.05) is 5.57 Å². The number of hydrogen-bond donors (Lipinski definition) is 0. The number of allylic oxidation sites excluding steroid dienone is 2. The van der Waals surface area contributed by atoms with Crippen LogP contribution in [0, 0.1) is 0 Å². The molecule has 0 saturated carbocycles. The normalized spacial score (nSPS) is 23.9. The molecule has 9 heavy (non-hydrogen) atoms. The van der Waals surface area contributed by atoms with E-state index in [1.165, 1.54) is 24.0 Å². The molecule has 48 valence electrons. The Hall–Kier alpha value is -0.720. The predicted molar refractivity (Wildman–Crippen MR) is 36.0 cm³/mol. The van der Waals surface area contributed by atoms with Crippen molar-refractivity contribution in [3.8, 4) is 0 Å². The van der Waals surface area contributed by atoms with Gasteiger partial charge < -0.3 is 4.74 Å². The lowest BCUT2D eigenvalue weighted by Gasteiger charge is -2.26. The summed E-state index contributed by atoms with van der Waals surface area (Å²) in [6.45, 7) is 3.05. The molecule has 0 N–H and O–H groups in total. The minimum atomic E-state index is 0.888. The van der Waals surface area contributed by atoms with Gasteiger partial charge in [-0.25, -0.2) is 0 Å². The molecular weight excluding hydrogens is 112 g/mol. The summed E-state index contributed by atoms with van der Waals surface area (Å²) < 4.78 is 5.21. The van der Waals surface area contributed by atoms with Crippen molar-refractivity contribution in [2.75, 3.05) is 6.61 Å². The van der Waals surface area contributed by atoms with Crippen LogP contribution < -0.4 is 0 Å². The summed E-state index contributed by atoms with van der Waals surface area (Å²) in [5.41, 5.74) is 2.97. The van der Waals surface area contributed by atoms with Crippen LogP contribution in [0.4, 0.5) is 0 Å². The maximum absolute atomic E-state index is 5.21. The lowest BCUT2D eigenvalue weighted by molar-refractivity contribution is 0.184. The van der Waals surface area contributed by atoms with Crippen molar-refractivity contribution in [1.29, 1.82) is 0 Å². The Labute approximate surface area is 55.0 Å². The Morgan fingerprint density at radius 2 is 2.33 bits per heavy atom. The SMILES string of the molecule is CC1=CC2=C(CC1)CO2. The summed E-state index contributed by atoms with van der Waals surface area (Å²) in [5.74, 6) is 1.15. The fourth-order valence-electron chi connectivity index (χ4n) is 1.24. The van der Waals surface area contributed by atoms with Crippen LogP contribution in [0.25, 0.3) is 0 Å². The molecule has 0 unspecified atom stereocenters. The molecule has 2 aliphatic rings. The van der Waals surface area contributed by atoms with Gasteiger partial charge in [-0.2, -0.15) is 0 Å². The Bertz CT molecular complexity index is 199. The largest absolute Gasteiger partial charge is 0.489 e. The zero-order valence-corrected chi connectivity index (χ0v) is 5.61. The topological polar surface area (TPSA) is 9.23 Å². The van der Waals surface area contributed by atoms with Gasteiger partial charge in [0.15, 0.2) is 0 Å². The molecule has 0 saturated heterocycles. The van der Waals surface area contributed by atoms with Crippen molar-refractivity contribution >= 4 is 0 Å². The summed E-state index contributed by atoms with van der Waals surface area (Å²) in [6.07, 6.45) is 4.63. The Balaban J connectivity index is 2.30. The summed E-state index contributed by atoms with van der Waals surface area (Å²) in [7, 11) is 0. The van der Waals surface area contributed by atoms with E-state index in [1.807, 2.05) is 0 Å². The van der Waals surface area contributed by atoms with E-state index in [4.69, 9.17) is 4.74 Å². The molecule has 0 radical (unpaired) electrons. The van der Waals surface area contributed by atoms with Gasteiger partial charge in [-0.1, -0.05) is 5.57 Å². The summed E-state index contributed by atoms with van der Waals surface area (Å²) in [4.78, 5) is 0. The second-order valence-electron chi connectivity index (χ2n) is 2.75. The molecule has 1 aliphatic carbocycles. The highest BCUT2D eigenvalue weighted by atomic mass is 16.5. The van der Waals surface area contributed by atoms with Gasteiger partial charge in [0.1, 0.15) is 12.4 Å². The van der Waals surface area contributed by atoms with Gasteiger partial charge in [0.25, 0.3) is 0 Å². The smallest absolute Gasteiger partial charge is 0.122 e. The highest BCUT2D eigenvalue weighted by Gasteiger charge is 2.19. The number of rotatable bonds is 0. The van der Waals surface area contributed by atoms with Crippen LogP contribution >= 0.6 is 0 Å². The monoisotopic (exact) mass is 122 g/mol. The van der Waals surface area contributed by atoms with Gasteiger partial charge >= 0.3 is 0 Å². The van der Waals surface area contributed by atoms with E-state index in [2.05, 4.69) is 13.0 Å².